The van der Waals surface area contributed by atoms with Gasteiger partial charge in [0.15, 0.2) is 0 Å². The molecular formula is C17H26FN3O3S. The van der Waals surface area contributed by atoms with Gasteiger partial charge < -0.3 is 10.2 Å². The van der Waals surface area contributed by atoms with Crippen LogP contribution >= 0.6 is 0 Å². The van der Waals surface area contributed by atoms with E-state index in [1.165, 1.54) is 16.4 Å². The Morgan fingerprint density at radius 2 is 1.88 bits per heavy atom. The largest absolute Gasteiger partial charge is 0.338 e. The topological polar surface area (TPSA) is 69.7 Å². The molecular weight excluding hydrogens is 345 g/mol. The third-order valence-corrected chi connectivity index (χ3v) is 6.58. The van der Waals surface area contributed by atoms with Crippen molar-refractivity contribution in [2.75, 3.05) is 32.4 Å². The SMILES string of the molecule is CCS(=O)(=O)N(C)C1CCN(C(=O)NCCc2ccc(F)cc2)CC1. The molecule has 0 bridgehead atoms. The zero-order chi connectivity index (χ0) is 18.4. The highest BCUT2D eigenvalue weighted by Gasteiger charge is 2.29. The van der Waals surface area contributed by atoms with E-state index in [9.17, 15) is 17.6 Å². The lowest BCUT2D eigenvalue weighted by atomic mass is 10.1. The number of rotatable bonds is 6. The van der Waals surface area contributed by atoms with Crippen molar-refractivity contribution in [3.8, 4) is 0 Å². The zero-order valence-corrected chi connectivity index (χ0v) is 15.6. The maximum absolute atomic E-state index is 12.8. The third-order valence-electron chi connectivity index (χ3n) is 4.67. The van der Waals surface area contributed by atoms with Gasteiger partial charge in [-0.05, 0) is 43.9 Å². The van der Waals surface area contributed by atoms with E-state index in [0.717, 1.165) is 5.56 Å². The molecule has 1 aromatic carbocycles. The summed E-state index contributed by atoms with van der Waals surface area (Å²) in [5.74, 6) is -0.182. The first-order chi connectivity index (χ1) is 11.8. The molecule has 0 radical (unpaired) electrons. The van der Waals surface area contributed by atoms with Gasteiger partial charge >= 0.3 is 6.03 Å². The van der Waals surface area contributed by atoms with Gasteiger partial charge in [0.1, 0.15) is 5.82 Å². The van der Waals surface area contributed by atoms with Crippen LogP contribution in [0.1, 0.15) is 25.3 Å². The number of carbonyl (C=O) groups excluding carboxylic acids is 1. The van der Waals surface area contributed by atoms with Gasteiger partial charge in [-0.15, -0.1) is 0 Å². The molecule has 1 aromatic rings. The summed E-state index contributed by atoms with van der Waals surface area (Å²) in [6.07, 6.45) is 1.92. The van der Waals surface area contributed by atoms with E-state index in [4.69, 9.17) is 0 Å². The van der Waals surface area contributed by atoms with Crippen molar-refractivity contribution >= 4 is 16.1 Å². The maximum atomic E-state index is 12.8. The molecule has 8 heteroatoms. The summed E-state index contributed by atoms with van der Waals surface area (Å²) in [5.41, 5.74) is 0.965. The van der Waals surface area contributed by atoms with Crippen molar-refractivity contribution in [2.45, 2.75) is 32.2 Å². The summed E-state index contributed by atoms with van der Waals surface area (Å²) in [4.78, 5) is 13.9. The number of likely N-dealkylation sites (tertiary alicyclic amines) is 1. The molecule has 140 valence electrons. The molecule has 2 amide bonds. The Labute approximate surface area is 149 Å². The Balaban J connectivity index is 1.74. The fourth-order valence-electron chi connectivity index (χ4n) is 2.94. The average Bonchev–Trinajstić information content (AvgIpc) is 2.62. The Hall–Kier alpha value is -1.67. The van der Waals surface area contributed by atoms with Gasteiger partial charge in [0.05, 0.1) is 5.75 Å². The molecule has 1 fully saturated rings. The quantitative estimate of drug-likeness (QED) is 0.829. The second-order valence-electron chi connectivity index (χ2n) is 6.24. The molecule has 0 spiro atoms. The van der Waals surface area contributed by atoms with Gasteiger partial charge in [-0.3, -0.25) is 0 Å². The second kappa shape index (κ2) is 8.62. The lowest BCUT2D eigenvalue weighted by Crippen LogP contribution is -2.50. The van der Waals surface area contributed by atoms with Crippen LogP contribution in [-0.4, -0.2) is 62.1 Å². The van der Waals surface area contributed by atoms with E-state index in [-0.39, 0.29) is 23.6 Å². The number of amides is 2. The van der Waals surface area contributed by atoms with Crippen LogP contribution in [0.3, 0.4) is 0 Å². The van der Waals surface area contributed by atoms with Crippen LogP contribution in [0, 0.1) is 5.82 Å². The highest BCUT2D eigenvalue weighted by molar-refractivity contribution is 7.89. The molecule has 0 aliphatic carbocycles. The number of urea groups is 1. The molecule has 1 aliphatic rings. The van der Waals surface area contributed by atoms with Crippen LogP contribution in [-0.2, 0) is 16.4 Å². The molecule has 1 saturated heterocycles. The molecule has 0 saturated carbocycles. The summed E-state index contributed by atoms with van der Waals surface area (Å²) in [6, 6.07) is 6.04. The predicted octanol–water partition coefficient (Wildman–Crippen LogP) is 1.82. The molecule has 1 aliphatic heterocycles. The molecule has 1 heterocycles. The van der Waals surface area contributed by atoms with E-state index < -0.39 is 10.0 Å². The van der Waals surface area contributed by atoms with Crippen molar-refractivity contribution in [1.29, 1.82) is 0 Å². The number of halogens is 1. The lowest BCUT2D eigenvalue weighted by Gasteiger charge is -2.36. The molecule has 2 rings (SSSR count). The van der Waals surface area contributed by atoms with E-state index in [2.05, 4.69) is 5.32 Å². The first-order valence-corrected chi connectivity index (χ1v) is 10.2. The van der Waals surface area contributed by atoms with Crippen molar-refractivity contribution in [2.24, 2.45) is 0 Å². The van der Waals surface area contributed by atoms with Crippen molar-refractivity contribution in [1.82, 2.24) is 14.5 Å². The normalized spacial score (nSPS) is 16.2. The third kappa shape index (κ3) is 5.40. The number of nitrogens with zero attached hydrogens (tertiary/aromatic N) is 2. The minimum absolute atomic E-state index is 0.0479. The zero-order valence-electron chi connectivity index (χ0n) is 14.7. The summed E-state index contributed by atoms with van der Waals surface area (Å²) >= 11 is 0. The van der Waals surface area contributed by atoms with E-state index in [1.807, 2.05) is 0 Å². The van der Waals surface area contributed by atoms with Crippen LogP contribution in [0.5, 0.6) is 0 Å². The number of carbonyl (C=O) groups is 1. The number of hydrogen-bond donors (Lipinski definition) is 1. The van der Waals surface area contributed by atoms with E-state index in [0.29, 0.717) is 38.9 Å². The van der Waals surface area contributed by atoms with Crippen molar-refractivity contribution in [3.63, 3.8) is 0 Å². The second-order valence-corrected chi connectivity index (χ2v) is 8.56. The number of benzene rings is 1. The lowest BCUT2D eigenvalue weighted by molar-refractivity contribution is 0.164. The smallest absolute Gasteiger partial charge is 0.317 e. The van der Waals surface area contributed by atoms with Gasteiger partial charge in [-0.1, -0.05) is 12.1 Å². The van der Waals surface area contributed by atoms with Gasteiger partial charge in [0.25, 0.3) is 0 Å². The molecule has 1 N–H and O–H groups in total. The van der Waals surface area contributed by atoms with Gasteiger partial charge in [0.2, 0.25) is 10.0 Å². The minimum atomic E-state index is -3.20. The van der Waals surface area contributed by atoms with Crippen LogP contribution in [0.15, 0.2) is 24.3 Å². The Morgan fingerprint density at radius 3 is 2.44 bits per heavy atom. The van der Waals surface area contributed by atoms with Crippen LogP contribution in [0.4, 0.5) is 9.18 Å². The first kappa shape index (κ1) is 19.7. The monoisotopic (exact) mass is 371 g/mol. The Morgan fingerprint density at radius 1 is 1.28 bits per heavy atom. The molecule has 0 unspecified atom stereocenters. The van der Waals surface area contributed by atoms with Gasteiger partial charge in [-0.25, -0.2) is 21.9 Å². The number of sulfonamides is 1. The number of nitrogens with one attached hydrogen (secondary N) is 1. The molecule has 6 nitrogen and oxygen atoms in total. The Kier molecular flexibility index (Phi) is 6.78. The summed E-state index contributed by atoms with van der Waals surface area (Å²) in [7, 11) is -1.58. The highest BCUT2D eigenvalue weighted by Crippen LogP contribution is 2.18. The summed E-state index contributed by atoms with van der Waals surface area (Å²) < 4.78 is 38.1. The van der Waals surface area contributed by atoms with Crippen LogP contribution < -0.4 is 5.32 Å². The van der Waals surface area contributed by atoms with Crippen LogP contribution in [0.25, 0.3) is 0 Å². The van der Waals surface area contributed by atoms with Gasteiger partial charge in [0, 0.05) is 32.7 Å². The Bertz CT molecular complexity index is 671. The van der Waals surface area contributed by atoms with Crippen molar-refractivity contribution < 1.29 is 17.6 Å². The molecule has 25 heavy (non-hydrogen) atoms. The van der Waals surface area contributed by atoms with Crippen LogP contribution in [0.2, 0.25) is 0 Å². The molecule has 0 atom stereocenters. The number of piperidine rings is 1. The summed E-state index contributed by atoms with van der Waals surface area (Å²) in [5, 5.41) is 2.86. The first-order valence-electron chi connectivity index (χ1n) is 8.56. The maximum Gasteiger partial charge on any atom is 0.317 e. The predicted molar refractivity (Wildman–Crippen MR) is 95.3 cm³/mol. The standard InChI is InChI=1S/C17H26FN3O3S/c1-3-25(23,24)20(2)16-9-12-21(13-10-16)17(22)19-11-8-14-4-6-15(18)7-5-14/h4-7,16H,3,8-13H2,1-2H3,(H,19,22). The fourth-order valence-corrected chi connectivity index (χ4v) is 4.01. The average molecular weight is 371 g/mol. The molecule has 0 aromatic heterocycles. The number of hydrogen-bond acceptors (Lipinski definition) is 3. The van der Waals surface area contributed by atoms with Crippen molar-refractivity contribution in [3.05, 3.63) is 35.6 Å². The minimum Gasteiger partial charge on any atom is -0.338 e. The van der Waals surface area contributed by atoms with Gasteiger partial charge in [-0.2, -0.15) is 0 Å². The van der Waals surface area contributed by atoms with E-state index >= 15 is 0 Å². The summed E-state index contributed by atoms with van der Waals surface area (Å²) in [6.45, 7) is 3.19. The highest BCUT2D eigenvalue weighted by atomic mass is 32.2. The van der Waals surface area contributed by atoms with E-state index in [1.54, 1.807) is 31.0 Å². The fraction of sp³-hybridized carbons (Fsp3) is 0.588.